The quantitative estimate of drug-likeness (QED) is 0.602. The number of carbonyl (C=O) groups is 1. The molecule has 3 nitrogen and oxygen atoms in total. The largest absolute Gasteiger partial charge is 0.303 e. The molecule has 0 N–H and O–H groups in total. The second kappa shape index (κ2) is 6.80. The van der Waals surface area contributed by atoms with Crippen molar-refractivity contribution in [2.45, 2.75) is 45.1 Å². The van der Waals surface area contributed by atoms with Gasteiger partial charge in [0.1, 0.15) is 6.29 Å². The maximum Gasteiger partial charge on any atom is 0.127 e. The van der Waals surface area contributed by atoms with Gasteiger partial charge in [-0.05, 0) is 37.6 Å². The summed E-state index contributed by atoms with van der Waals surface area (Å²) in [6, 6.07) is 4.08. The van der Waals surface area contributed by atoms with Crippen LogP contribution in [0.4, 0.5) is 0 Å². The summed E-state index contributed by atoms with van der Waals surface area (Å²) < 4.78 is 0. The van der Waals surface area contributed by atoms with E-state index in [1.165, 1.54) is 37.5 Å². The molecule has 0 spiro atoms. The first kappa shape index (κ1) is 14.2. The van der Waals surface area contributed by atoms with Crippen LogP contribution in [0.2, 0.25) is 0 Å². The van der Waals surface area contributed by atoms with Crippen molar-refractivity contribution < 1.29 is 4.79 Å². The summed E-state index contributed by atoms with van der Waals surface area (Å²) in [7, 11) is 2.11. The molecule has 0 unspecified atom stereocenters. The molecule has 0 saturated heterocycles. The molecular weight excluding hydrogens is 236 g/mol. The van der Waals surface area contributed by atoms with E-state index in [9.17, 15) is 4.79 Å². The third kappa shape index (κ3) is 4.13. The van der Waals surface area contributed by atoms with Crippen molar-refractivity contribution in [2.75, 3.05) is 13.6 Å². The van der Waals surface area contributed by atoms with Gasteiger partial charge >= 0.3 is 0 Å². The Bertz CT molecular complexity index is 383. The summed E-state index contributed by atoms with van der Waals surface area (Å²) in [6.45, 7) is 1.76. The molecule has 3 heteroatoms. The van der Waals surface area contributed by atoms with Crippen molar-refractivity contribution in [1.82, 2.24) is 9.88 Å². The van der Waals surface area contributed by atoms with Crippen molar-refractivity contribution in [3.05, 3.63) is 30.1 Å². The van der Waals surface area contributed by atoms with Gasteiger partial charge in [0.15, 0.2) is 0 Å². The van der Waals surface area contributed by atoms with E-state index in [0.717, 1.165) is 25.9 Å². The number of carbonyl (C=O) groups excluding carboxylic acids is 1. The first-order valence-electron chi connectivity index (χ1n) is 7.28. The fourth-order valence-corrected chi connectivity index (χ4v) is 3.14. The molecule has 1 aliphatic rings. The predicted molar refractivity (Wildman–Crippen MR) is 76.8 cm³/mol. The number of hydrogen-bond donors (Lipinski definition) is 0. The molecule has 1 saturated carbocycles. The minimum absolute atomic E-state index is 0.113. The van der Waals surface area contributed by atoms with E-state index in [2.05, 4.69) is 16.9 Å². The Morgan fingerprint density at radius 2 is 1.84 bits per heavy atom. The van der Waals surface area contributed by atoms with Crippen LogP contribution in [0.5, 0.6) is 0 Å². The molecule has 1 aliphatic carbocycles. The van der Waals surface area contributed by atoms with Gasteiger partial charge in [-0.2, -0.15) is 0 Å². The molecule has 19 heavy (non-hydrogen) atoms. The van der Waals surface area contributed by atoms with E-state index in [4.69, 9.17) is 0 Å². The third-order valence-electron chi connectivity index (χ3n) is 4.14. The lowest BCUT2D eigenvalue weighted by Gasteiger charge is -2.31. The van der Waals surface area contributed by atoms with Crippen LogP contribution in [-0.2, 0) is 11.3 Å². The Morgan fingerprint density at radius 1 is 1.21 bits per heavy atom. The molecule has 0 amide bonds. The van der Waals surface area contributed by atoms with E-state index in [0.29, 0.717) is 0 Å². The lowest BCUT2D eigenvalue weighted by molar-refractivity contribution is -0.118. The Balaban J connectivity index is 1.95. The van der Waals surface area contributed by atoms with Gasteiger partial charge in [0.25, 0.3) is 0 Å². The SMILES string of the molecule is CN(Cc1ccncc1)CC1(C=O)CCCCCC1. The highest BCUT2D eigenvalue weighted by Crippen LogP contribution is 2.34. The number of pyridine rings is 1. The van der Waals surface area contributed by atoms with Gasteiger partial charge in [-0.1, -0.05) is 25.7 Å². The van der Waals surface area contributed by atoms with Gasteiger partial charge in [-0.15, -0.1) is 0 Å². The summed E-state index contributed by atoms with van der Waals surface area (Å²) in [5, 5.41) is 0. The molecule has 1 fully saturated rings. The molecule has 0 radical (unpaired) electrons. The van der Waals surface area contributed by atoms with E-state index in [1.807, 2.05) is 24.5 Å². The van der Waals surface area contributed by atoms with Crippen LogP contribution < -0.4 is 0 Å². The van der Waals surface area contributed by atoms with E-state index >= 15 is 0 Å². The molecule has 1 heterocycles. The number of nitrogens with zero attached hydrogens (tertiary/aromatic N) is 2. The van der Waals surface area contributed by atoms with Crippen LogP contribution in [0.15, 0.2) is 24.5 Å². The van der Waals surface area contributed by atoms with Crippen molar-refractivity contribution in [3.63, 3.8) is 0 Å². The average Bonchev–Trinajstić information content (AvgIpc) is 2.66. The third-order valence-corrected chi connectivity index (χ3v) is 4.14. The highest BCUT2D eigenvalue weighted by atomic mass is 16.1. The fourth-order valence-electron chi connectivity index (χ4n) is 3.14. The standard InChI is InChI=1S/C16H24N2O/c1-18(12-15-6-10-17-11-7-15)13-16(14-19)8-4-2-3-5-9-16/h6-7,10-11,14H,2-5,8-9,12-13H2,1H3. The lowest BCUT2D eigenvalue weighted by atomic mass is 9.81. The number of rotatable bonds is 5. The first-order chi connectivity index (χ1) is 9.24. The Labute approximate surface area is 116 Å². The molecule has 1 aromatic heterocycles. The summed E-state index contributed by atoms with van der Waals surface area (Å²) in [4.78, 5) is 17.9. The fraction of sp³-hybridized carbons (Fsp3) is 0.625. The van der Waals surface area contributed by atoms with Crippen LogP contribution >= 0.6 is 0 Å². The summed E-state index contributed by atoms with van der Waals surface area (Å²) in [5.74, 6) is 0. The maximum atomic E-state index is 11.6. The van der Waals surface area contributed by atoms with E-state index in [1.54, 1.807) is 0 Å². The van der Waals surface area contributed by atoms with Crippen LogP contribution in [0.3, 0.4) is 0 Å². The molecule has 104 valence electrons. The van der Waals surface area contributed by atoms with Crippen LogP contribution in [0.25, 0.3) is 0 Å². The van der Waals surface area contributed by atoms with Crippen LogP contribution in [0, 0.1) is 5.41 Å². The summed E-state index contributed by atoms with van der Waals surface area (Å²) >= 11 is 0. The van der Waals surface area contributed by atoms with Crippen LogP contribution in [0.1, 0.15) is 44.1 Å². The first-order valence-corrected chi connectivity index (χ1v) is 7.28. The van der Waals surface area contributed by atoms with Gasteiger partial charge in [0.2, 0.25) is 0 Å². The van der Waals surface area contributed by atoms with Gasteiger partial charge in [-0.25, -0.2) is 0 Å². The molecule has 0 aromatic carbocycles. The minimum atomic E-state index is -0.113. The number of aromatic nitrogens is 1. The van der Waals surface area contributed by atoms with Crippen molar-refractivity contribution >= 4 is 6.29 Å². The Kier molecular flexibility index (Phi) is 5.08. The minimum Gasteiger partial charge on any atom is -0.303 e. The highest BCUT2D eigenvalue weighted by Gasteiger charge is 2.31. The number of aldehydes is 1. The zero-order chi connectivity index (χ0) is 13.6. The molecule has 2 rings (SSSR count). The summed E-state index contributed by atoms with van der Waals surface area (Å²) in [5.41, 5.74) is 1.14. The second-order valence-electron chi connectivity index (χ2n) is 5.92. The molecule has 1 aromatic rings. The zero-order valence-electron chi connectivity index (χ0n) is 11.8. The van der Waals surface area contributed by atoms with Crippen molar-refractivity contribution in [2.24, 2.45) is 5.41 Å². The lowest BCUT2D eigenvalue weighted by Crippen LogP contribution is -2.36. The average molecular weight is 260 g/mol. The smallest absolute Gasteiger partial charge is 0.127 e. The molecule has 0 aliphatic heterocycles. The maximum absolute atomic E-state index is 11.6. The van der Waals surface area contributed by atoms with Crippen molar-refractivity contribution in [1.29, 1.82) is 0 Å². The number of hydrogen-bond acceptors (Lipinski definition) is 3. The van der Waals surface area contributed by atoms with Gasteiger partial charge < -0.3 is 9.69 Å². The second-order valence-corrected chi connectivity index (χ2v) is 5.92. The van der Waals surface area contributed by atoms with Crippen LogP contribution in [-0.4, -0.2) is 29.8 Å². The van der Waals surface area contributed by atoms with Gasteiger partial charge in [0.05, 0.1) is 0 Å². The molecule has 0 bridgehead atoms. The topological polar surface area (TPSA) is 33.2 Å². The van der Waals surface area contributed by atoms with Gasteiger partial charge in [-0.3, -0.25) is 4.98 Å². The van der Waals surface area contributed by atoms with E-state index in [-0.39, 0.29) is 5.41 Å². The molecular formula is C16H24N2O. The summed E-state index contributed by atoms with van der Waals surface area (Å²) in [6.07, 6.45) is 11.9. The Morgan fingerprint density at radius 3 is 2.42 bits per heavy atom. The molecule has 0 atom stereocenters. The highest BCUT2D eigenvalue weighted by molar-refractivity contribution is 5.59. The normalized spacial score (nSPS) is 19.1. The zero-order valence-corrected chi connectivity index (χ0v) is 11.8. The Hall–Kier alpha value is -1.22. The predicted octanol–water partition coefficient (Wildman–Crippen LogP) is 3.05. The monoisotopic (exact) mass is 260 g/mol. The van der Waals surface area contributed by atoms with Crippen molar-refractivity contribution in [3.8, 4) is 0 Å². The van der Waals surface area contributed by atoms with E-state index < -0.39 is 0 Å². The van der Waals surface area contributed by atoms with Gasteiger partial charge in [0, 0.05) is 30.9 Å².